The predicted octanol–water partition coefficient (Wildman–Crippen LogP) is 2.00. The van der Waals surface area contributed by atoms with Gasteiger partial charge < -0.3 is 4.74 Å². The molecule has 0 saturated heterocycles. The van der Waals surface area contributed by atoms with Crippen LogP contribution in [-0.4, -0.2) is 32.8 Å². The van der Waals surface area contributed by atoms with Crippen molar-refractivity contribution < 1.29 is 9.53 Å². The minimum absolute atomic E-state index is 0.213. The molecule has 0 aromatic carbocycles. The summed E-state index contributed by atoms with van der Waals surface area (Å²) in [7, 11) is 1.40. The maximum absolute atomic E-state index is 11.3. The van der Waals surface area contributed by atoms with Crippen LogP contribution in [-0.2, 0) is 16.0 Å². The largest absolute Gasteiger partial charge is 0.469 e. The zero-order chi connectivity index (χ0) is 15.6. The first-order valence-electron chi connectivity index (χ1n) is 6.87. The van der Waals surface area contributed by atoms with Crippen molar-refractivity contribution in [2.45, 2.75) is 40.5 Å². The Morgan fingerprint density at radius 3 is 2.57 bits per heavy atom. The molecule has 0 saturated carbocycles. The van der Waals surface area contributed by atoms with Gasteiger partial charge in [-0.1, -0.05) is 0 Å². The standard InChI is InChI=1S/C15H20N4O2/c1-9-8-14(17-12(4)16-9)19-11(3)13(10(2)18-19)6-7-15(20)21-5/h8H,6-7H2,1-5H3. The Bertz CT molecular complexity index is 656. The number of methoxy groups -OCH3 is 1. The molecule has 0 radical (unpaired) electrons. The van der Waals surface area contributed by atoms with Gasteiger partial charge in [-0.15, -0.1) is 0 Å². The molecule has 2 aromatic rings. The summed E-state index contributed by atoms with van der Waals surface area (Å²) >= 11 is 0. The third-order valence-electron chi connectivity index (χ3n) is 3.42. The minimum Gasteiger partial charge on any atom is -0.469 e. The molecule has 0 fully saturated rings. The van der Waals surface area contributed by atoms with Gasteiger partial charge in [0.1, 0.15) is 5.82 Å². The van der Waals surface area contributed by atoms with Gasteiger partial charge in [-0.05, 0) is 39.7 Å². The molecule has 2 aromatic heterocycles. The van der Waals surface area contributed by atoms with Crippen molar-refractivity contribution in [2.75, 3.05) is 7.11 Å². The van der Waals surface area contributed by atoms with Crippen molar-refractivity contribution >= 4 is 5.97 Å². The first-order chi connectivity index (χ1) is 9.92. The van der Waals surface area contributed by atoms with Crippen LogP contribution in [0.1, 0.15) is 34.9 Å². The van der Waals surface area contributed by atoms with Gasteiger partial charge in [0.05, 0.1) is 12.8 Å². The van der Waals surface area contributed by atoms with E-state index in [1.807, 2.05) is 38.4 Å². The maximum Gasteiger partial charge on any atom is 0.305 e. The van der Waals surface area contributed by atoms with Crippen molar-refractivity contribution in [3.8, 4) is 5.82 Å². The van der Waals surface area contributed by atoms with E-state index in [2.05, 4.69) is 19.8 Å². The van der Waals surface area contributed by atoms with Gasteiger partial charge in [0.15, 0.2) is 5.82 Å². The summed E-state index contributed by atoms with van der Waals surface area (Å²) in [4.78, 5) is 20.0. The average molecular weight is 288 g/mol. The molecule has 6 nitrogen and oxygen atoms in total. The second-order valence-corrected chi connectivity index (χ2v) is 5.05. The molecule has 0 bridgehead atoms. The van der Waals surface area contributed by atoms with Crippen LogP contribution >= 0.6 is 0 Å². The number of hydrogen-bond donors (Lipinski definition) is 0. The quantitative estimate of drug-likeness (QED) is 0.805. The number of aryl methyl sites for hydroxylation is 3. The summed E-state index contributed by atoms with van der Waals surface area (Å²) in [5, 5.41) is 4.54. The zero-order valence-electron chi connectivity index (χ0n) is 13.1. The number of carbonyl (C=O) groups excluding carboxylic acids is 1. The molecule has 112 valence electrons. The fraction of sp³-hybridized carbons (Fsp3) is 0.467. The highest BCUT2D eigenvalue weighted by Crippen LogP contribution is 2.19. The van der Waals surface area contributed by atoms with Crippen molar-refractivity contribution in [1.82, 2.24) is 19.7 Å². The summed E-state index contributed by atoms with van der Waals surface area (Å²) in [6, 6.07) is 1.90. The number of esters is 1. The zero-order valence-corrected chi connectivity index (χ0v) is 13.1. The van der Waals surface area contributed by atoms with Crippen LogP contribution in [0.4, 0.5) is 0 Å². The van der Waals surface area contributed by atoms with Crippen LogP contribution < -0.4 is 0 Å². The van der Waals surface area contributed by atoms with E-state index in [9.17, 15) is 4.79 Å². The van der Waals surface area contributed by atoms with Crippen LogP contribution in [0.25, 0.3) is 5.82 Å². The summed E-state index contributed by atoms with van der Waals surface area (Å²) in [5.41, 5.74) is 3.87. The number of aromatic nitrogens is 4. The molecule has 0 aliphatic rings. The van der Waals surface area contributed by atoms with E-state index >= 15 is 0 Å². The van der Waals surface area contributed by atoms with E-state index in [1.54, 1.807) is 0 Å². The number of carbonyl (C=O) groups is 1. The van der Waals surface area contributed by atoms with E-state index in [4.69, 9.17) is 0 Å². The second-order valence-electron chi connectivity index (χ2n) is 5.05. The summed E-state index contributed by atoms with van der Waals surface area (Å²) < 4.78 is 6.50. The number of hydrogen-bond acceptors (Lipinski definition) is 5. The monoisotopic (exact) mass is 288 g/mol. The Balaban J connectivity index is 2.36. The van der Waals surface area contributed by atoms with Crippen LogP contribution in [0, 0.1) is 27.7 Å². The summed E-state index contributed by atoms with van der Waals surface area (Å²) in [6.07, 6.45) is 0.971. The molecule has 6 heteroatoms. The molecule has 2 rings (SSSR count). The van der Waals surface area contributed by atoms with Gasteiger partial charge in [-0.2, -0.15) is 5.10 Å². The lowest BCUT2D eigenvalue weighted by Crippen LogP contribution is -2.06. The van der Waals surface area contributed by atoms with E-state index in [0.717, 1.165) is 28.5 Å². The second kappa shape index (κ2) is 6.03. The highest BCUT2D eigenvalue weighted by molar-refractivity contribution is 5.69. The van der Waals surface area contributed by atoms with Gasteiger partial charge in [-0.25, -0.2) is 14.6 Å². The molecule has 2 heterocycles. The maximum atomic E-state index is 11.3. The molecular weight excluding hydrogens is 268 g/mol. The molecule has 0 aliphatic heterocycles. The molecule has 0 N–H and O–H groups in total. The Hall–Kier alpha value is -2.24. The van der Waals surface area contributed by atoms with Crippen LogP contribution in [0.15, 0.2) is 6.07 Å². The Morgan fingerprint density at radius 2 is 1.95 bits per heavy atom. The molecule has 0 unspecified atom stereocenters. The van der Waals surface area contributed by atoms with E-state index < -0.39 is 0 Å². The average Bonchev–Trinajstić information content (AvgIpc) is 2.70. The highest BCUT2D eigenvalue weighted by atomic mass is 16.5. The van der Waals surface area contributed by atoms with Crippen molar-refractivity contribution in [1.29, 1.82) is 0 Å². The lowest BCUT2D eigenvalue weighted by Gasteiger charge is -2.06. The lowest BCUT2D eigenvalue weighted by atomic mass is 10.1. The normalized spacial score (nSPS) is 10.7. The van der Waals surface area contributed by atoms with Crippen LogP contribution in [0.2, 0.25) is 0 Å². The van der Waals surface area contributed by atoms with Gasteiger partial charge in [-0.3, -0.25) is 4.79 Å². The van der Waals surface area contributed by atoms with Crippen molar-refractivity contribution in [2.24, 2.45) is 0 Å². The van der Waals surface area contributed by atoms with E-state index in [1.165, 1.54) is 7.11 Å². The molecule has 0 spiro atoms. The topological polar surface area (TPSA) is 69.9 Å². The predicted molar refractivity (Wildman–Crippen MR) is 78.4 cm³/mol. The first-order valence-corrected chi connectivity index (χ1v) is 6.87. The molecule has 0 amide bonds. The van der Waals surface area contributed by atoms with E-state index in [-0.39, 0.29) is 5.97 Å². The molecule has 0 atom stereocenters. The number of rotatable bonds is 4. The van der Waals surface area contributed by atoms with Gasteiger partial charge >= 0.3 is 5.97 Å². The third-order valence-corrected chi connectivity index (χ3v) is 3.42. The van der Waals surface area contributed by atoms with Crippen LogP contribution in [0.5, 0.6) is 0 Å². The van der Waals surface area contributed by atoms with E-state index in [0.29, 0.717) is 18.7 Å². The lowest BCUT2D eigenvalue weighted by molar-refractivity contribution is -0.140. The highest BCUT2D eigenvalue weighted by Gasteiger charge is 2.15. The Morgan fingerprint density at radius 1 is 1.24 bits per heavy atom. The summed E-state index contributed by atoms with van der Waals surface area (Å²) in [6.45, 7) is 7.72. The molecular formula is C15H20N4O2. The fourth-order valence-corrected chi connectivity index (χ4v) is 2.39. The third kappa shape index (κ3) is 3.26. The smallest absolute Gasteiger partial charge is 0.305 e. The molecule has 21 heavy (non-hydrogen) atoms. The number of nitrogens with zero attached hydrogens (tertiary/aromatic N) is 4. The van der Waals surface area contributed by atoms with Gasteiger partial charge in [0.25, 0.3) is 0 Å². The fourth-order valence-electron chi connectivity index (χ4n) is 2.39. The van der Waals surface area contributed by atoms with Gasteiger partial charge in [0.2, 0.25) is 0 Å². The SMILES string of the molecule is COC(=O)CCc1c(C)nn(-c2cc(C)nc(C)n2)c1C. The molecule has 0 aliphatic carbocycles. The van der Waals surface area contributed by atoms with Crippen LogP contribution in [0.3, 0.4) is 0 Å². The minimum atomic E-state index is -0.213. The number of ether oxygens (including phenoxy) is 1. The first kappa shape index (κ1) is 15.2. The Labute approximate surface area is 124 Å². The van der Waals surface area contributed by atoms with Gasteiger partial charge in [0, 0.05) is 23.9 Å². The van der Waals surface area contributed by atoms with Crippen molar-refractivity contribution in [3.63, 3.8) is 0 Å². The van der Waals surface area contributed by atoms with Crippen molar-refractivity contribution in [3.05, 3.63) is 34.5 Å². The Kier molecular flexibility index (Phi) is 4.35. The summed E-state index contributed by atoms with van der Waals surface area (Å²) in [5.74, 6) is 1.26.